The lowest BCUT2D eigenvalue weighted by Crippen LogP contribution is -2.25. The van der Waals surface area contributed by atoms with E-state index in [1.807, 2.05) is 43.3 Å². The Labute approximate surface area is 121 Å². The van der Waals surface area contributed by atoms with Gasteiger partial charge in [0, 0.05) is 5.56 Å². The van der Waals surface area contributed by atoms with Gasteiger partial charge in [-0.05, 0) is 25.1 Å². The minimum Gasteiger partial charge on any atom is -0.494 e. The molecule has 0 radical (unpaired) electrons. The molecule has 0 saturated carbocycles. The average Bonchev–Trinajstić information content (AvgIpc) is 2.52. The first kappa shape index (κ1) is 13.3. The summed E-state index contributed by atoms with van der Waals surface area (Å²) in [5.41, 5.74) is 1.37. The molecular weight excluding hydrogens is 266 g/mol. The molecule has 0 amide bonds. The highest BCUT2D eigenvalue weighted by Crippen LogP contribution is 2.18. The zero-order valence-corrected chi connectivity index (χ0v) is 11.7. The van der Waals surface area contributed by atoms with Crippen molar-refractivity contribution in [1.29, 1.82) is 0 Å². The number of nitrogens with zero attached hydrogens (tertiary/aromatic N) is 3. The molecule has 0 saturated heterocycles. The van der Waals surface area contributed by atoms with E-state index >= 15 is 0 Å². The fourth-order valence-electron chi connectivity index (χ4n) is 2.22. The van der Waals surface area contributed by atoms with Gasteiger partial charge in [-0.25, -0.2) is 4.68 Å². The second-order valence-corrected chi connectivity index (χ2v) is 4.61. The van der Waals surface area contributed by atoms with Crippen LogP contribution >= 0.6 is 0 Å². The Hall–Kier alpha value is -2.69. The molecule has 2 aromatic carbocycles. The SMILES string of the molecule is CCOc1ccccc1Cn1nnc2ccccc2c1=O. The van der Waals surface area contributed by atoms with E-state index < -0.39 is 0 Å². The molecule has 3 aromatic rings. The van der Waals surface area contributed by atoms with Crippen molar-refractivity contribution in [3.8, 4) is 5.75 Å². The molecule has 0 spiro atoms. The number of ether oxygens (including phenoxy) is 1. The Balaban J connectivity index is 2.03. The highest BCUT2D eigenvalue weighted by molar-refractivity contribution is 5.76. The largest absolute Gasteiger partial charge is 0.494 e. The summed E-state index contributed by atoms with van der Waals surface area (Å²) in [6.07, 6.45) is 0. The van der Waals surface area contributed by atoms with Crippen LogP contribution in [0.1, 0.15) is 12.5 Å². The maximum Gasteiger partial charge on any atom is 0.277 e. The fraction of sp³-hybridized carbons (Fsp3) is 0.188. The molecule has 0 fully saturated rings. The quantitative estimate of drug-likeness (QED) is 0.736. The first-order valence-corrected chi connectivity index (χ1v) is 6.83. The van der Waals surface area contributed by atoms with Gasteiger partial charge < -0.3 is 4.74 Å². The van der Waals surface area contributed by atoms with Crippen molar-refractivity contribution >= 4 is 10.9 Å². The maximum atomic E-state index is 12.4. The summed E-state index contributed by atoms with van der Waals surface area (Å²) >= 11 is 0. The second-order valence-electron chi connectivity index (χ2n) is 4.61. The maximum absolute atomic E-state index is 12.4. The zero-order valence-electron chi connectivity index (χ0n) is 11.7. The fourth-order valence-corrected chi connectivity index (χ4v) is 2.22. The lowest BCUT2D eigenvalue weighted by molar-refractivity contribution is 0.335. The third kappa shape index (κ3) is 2.63. The van der Waals surface area contributed by atoms with Gasteiger partial charge in [0.1, 0.15) is 11.3 Å². The summed E-state index contributed by atoms with van der Waals surface area (Å²) in [5, 5.41) is 8.66. The molecule has 5 heteroatoms. The van der Waals surface area contributed by atoms with Gasteiger partial charge in [0.2, 0.25) is 0 Å². The summed E-state index contributed by atoms with van der Waals surface area (Å²) in [6.45, 7) is 2.85. The van der Waals surface area contributed by atoms with Gasteiger partial charge in [-0.15, -0.1) is 5.10 Å². The summed E-state index contributed by atoms with van der Waals surface area (Å²) in [6, 6.07) is 14.8. The van der Waals surface area contributed by atoms with Gasteiger partial charge >= 0.3 is 0 Å². The van der Waals surface area contributed by atoms with E-state index in [9.17, 15) is 4.79 Å². The van der Waals surface area contributed by atoms with E-state index in [0.29, 0.717) is 24.1 Å². The Morgan fingerprint density at radius 1 is 1.10 bits per heavy atom. The number of hydrogen-bond donors (Lipinski definition) is 0. The molecule has 0 aliphatic carbocycles. The van der Waals surface area contributed by atoms with E-state index in [0.717, 1.165) is 11.3 Å². The molecule has 0 N–H and O–H groups in total. The molecule has 0 aliphatic heterocycles. The zero-order chi connectivity index (χ0) is 14.7. The van der Waals surface area contributed by atoms with Crippen molar-refractivity contribution in [3.63, 3.8) is 0 Å². The van der Waals surface area contributed by atoms with Gasteiger partial charge in [-0.1, -0.05) is 35.5 Å². The van der Waals surface area contributed by atoms with Crippen LogP contribution in [0.25, 0.3) is 10.9 Å². The molecule has 0 atom stereocenters. The van der Waals surface area contributed by atoms with E-state index in [1.165, 1.54) is 4.68 Å². The Morgan fingerprint density at radius 2 is 1.86 bits per heavy atom. The van der Waals surface area contributed by atoms with Crippen molar-refractivity contribution in [3.05, 3.63) is 64.4 Å². The number of para-hydroxylation sites is 1. The van der Waals surface area contributed by atoms with E-state index in [1.54, 1.807) is 12.1 Å². The third-order valence-corrected chi connectivity index (χ3v) is 3.22. The Bertz CT molecular complexity index is 827. The van der Waals surface area contributed by atoms with Gasteiger partial charge in [0.05, 0.1) is 18.5 Å². The van der Waals surface area contributed by atoms with Crippen LogP contribution in [0, 0.1) is 0 Å². The van der Waals surface area contributed by atoms with Gasteiger partial charge in [-0.3, -0.25) is 4.79 Å². The lowest BCUT2D eigenvalue weighted by atomic mass is 10.2. The first-order chi connectivity index (χ1) is 10.3. The van der Waals surface area contributed by atoms with Crippen molar-refractivity contribution in [2.24, 2.45) is 0 Å². The van der Waals surface area contributed by atoms with Gasteiger partial charge in [-0.2, -0.15) is 0 Å². The summed E-state index contributed by atoms with van der Waals surface area (Å²) in [7, 11) is 0. The number of aromatic nitrogens is 3. The third-order valence-electron chi connectivity index (χ3n) is 3.22. The Morgan fingerprint density at radius 3 is 2.71 bits per heavy atom. The highest BCUT2D eigenvalue weighted by Gasteiger charge is 2.08. The van der Waals surface area contributed by atoms with Crippen molar-refractivity contribution < 1.29 is 4.74 Å². The van der Waals surface area contributed by atoms with E-state index in [-0.39, 0.29) is 5.56 Å². The number of benzene rings is 2. The van der Waals surface area contributed by atoms with Crippen LogP contribution in [-0.2, 0) is 6.54 Å². The van der Waals surface area contributed by atoms with Crippen LogP contribution in [0.3, 0.4) is 0 Å². The van der Waals surface area contributed by atoms with Crippen molar-refractivity contribution in [1.82, 2.24) is 15.0 Å². The Kier molecular flexibility index (Phi) is 3.64. The molecule has 5 nitrogen and oxygen atoms in total. The number of hydrogen-bond acceptors (Lipinski definition) is 4. The average molecular weight is 281 g/mol. The summed E-state index contributed by atoms with van der Waals surface area (Å²) in [4.78, 5) is 12.4. The van der Waals surface area contributed by atoms with Gasteiger partial charge in [0.15, 0.2) is 0 Å². The second kappa shape index (κ2) is 5.75. The van der Waals surface area contributed by atoms with E-state index in [4.69, 9.17) is 4.74 Å². The van der Waals surface area contributed by atoms with Crippen LogP contribution in [0.2, 0.25) is 0 Å². The molecule has 106 valence electrons. The first-order valence-electron chi connectivity index (χ1n) is 6.83. The lowest BCUT2D eigenvalue weighted by Gasteiger charge is -2.10. The molecule has 0 aliphatic rings. The highest BCUT2D eigenvalue weighted by atomic mass is 16.5. The number of rotatable bonds is 4. The minimum atomic E-state index is -0.146. The molecule has 0 unspecified atom stereocenters. The molecule has 3 rings (SSSR count). The normalized spacial score (nSPS) is 10.7. The van der Waals surface area contributed by atoms with Crippen LogP contribution in [0.5, 0.6) is 5.75 Å². The van der Waals surface area contributed by atoms with Crippen molar-refractivity contribution in [2.75, 3.05) is 6.61 Å². The molecule has 1 aromatic heterocycles. The smallest absolute Gasteiger partial charge is 0.277 e. The van der Waals surface area contributed by atoms with Crippen LogP contribution in [0.4, 0.5) is 0 Å². The molecular formula is C16H15N3O2. The summed E-state index contributed by atoms with van der Waals surface area (Å²) < 4.78 is 6.93. The monoisotopic (exact) mass is 281 g/mol. The summed E-state index contributed by atoms with van der Waals surface area (Å²) in [5.74, 6) is 0.766. The standard InChI is InChI=1S/C16H15N3O2/c1-2-21-15-10-6-3-7-12(15)11-19-16(20)13-8-4-5-9-14(13)17-18-19/h3-10H,2,11H2,1H3. The predicted molar refractivity (Wildman–Crippen MR) is 80.5 cm³/mol. The molecule has 1 heterocycles. The van der Waals surface area contributed by atoms with Crippen molar-refractivity contribution in [2.45, 2.75) is 13.5 Å². The number of fused-ring (bicyclic) bond motifs is 1. The van der Waals surface area contributed by atoms with Crippen LogP contribution in [0.15, 0.2) is 53.3 Å². The van der Waals surface area contributed by atoms with Crippen LogP contribution < -0.4 is 10.3 Å². The minimum absolute atomic E-state index is 0.146. The molecule has 0 bridgehead atoms. The predicted octanol–water partition coefficient (Wildman–Crippen LogP) is 2.24. The van der Waals surface area contributed by atoms with E-state index in [2.05, 4.69) is 10.3 Å². The van der Waals surface area contributed by atoms with Crippen LogP contribution in [-0.4, -0.2) is 21.6 Å². The van der Waals surface area contributed by atoms with Gasteiger partial charge in [0.25, 0.3) is 5.56 Å². The topological polar surface area (TPSA) is 57.0 Å². The molecule has 21 heavy (non-hydrogen) atoms.